The van der Waals surface area contributed by atoms with E-state index in [4.69, 9.17) is 4.74 Å². The molecule has 1 fully saturated rings. The van der Waals surface area contributed by atoms with E-state index in [1.54, 1.807) is 7.11 Å². The summed E-state index contributed by atoms with van der Waals surface area (Å²) in [6.45, 7) is 7.49. The van der Waals surface area contributed by atoms with Crippen LogP contribution >= 0.6 is 0 Å². The van der Waals surface area contributed by atoms with Crippen LogP contribution in [0.1, 0.15) is 85.6 Å². The van der Waals surface area contributed by atoms with E-state index in [1.165, 1.54) is 30.4 Å². The van der Waals surface area contributed by atoms with Gasteiger partial charge in [-0.25, -0.2) is 4.68 Å². The van der Waals surface area contributed by atoms with Crippen molar-refractivity contribution in [3.63, 3.8) is 0 Å². The van der Waals surface area contributed by atoms with Gasteiger partial charge in [0.25, 0.3) is 5.56 Å². The molecular formula is C30H38N6O2. The number of methoxy groups -OCH3 is 1. The number of tetrazole rings is 1. The second-order valence-electron chi connectivity index (χ2n) is 10.6. The number of nitrogens with zero attached hydrogens (tertiary/aromatic N) is 5. The third kappa shape index (κ3) is 5.50. The Kier molecular flexibility index (Phi) is 7.88. The molecule has 0 aliphatic heterocycles. The lowest BCUT2D eigenvalue weighted by atomic mass is 9.95. The number of fused-ring (bicyclic) bond motifs is 1. The van der Waals surface area contributed by atoms with Gasteiger partial charge in [0.05, 0.1) is 19.2 Å². The van der Waals surface area contributed by atoms with Crippen LogP contribution in [0.5, 0.6) is 5.75 Å². The molecule has 0 radical (unpaired) electrons. The summed E-state index contributed by atoms with van der Waals surface area (Å²) in [4.78, 5) is 18.7. The van der Waals surface area contributed by atoms with E-state index in [1.807, 2.05) is 18.2 Å². The Morgan fingerprint density at radius 3 is 2.50 bits per heavy atom. The first-order valence-electron chi connectivity index (χ1n) is 13.7. The monoisotopic (exact) mass is 514 g/mol. The number of ether oxygens (including phenoxy) is 1. The van der Waals surface area contributed by atoms with Gasteiger partial charge in [-0.1, -0.05) is 38.3 Å². The van der Waals surface area contributed by atoms with Crippen molar-refractivity contribution >= 4 is 10.9 Å². The van der Waals surface area contributed by atoms with Crippen LogP contribution in [0, 0.1) is 13.8 Å². The van der Waals surface area contributed by atoms with Crippen molar-refractivity contribution in [2.45, 2.75) is 84.5 Å². The molecule has 0 unspecified atom stereocenters. The van der Waals surface area contributed by atoms with Crippen molar-refractivity contribution in [1.29, 1.82) is 0 Å². The summed E-state index contributed by atoms with van der Waals surface area (Å²) in [7, 11) is 1.68. The number of aromatic nitrogens is 5. The van der Waals surface area contributed by atoms with Crippen molar-refractivity contribution in [3.8, 4) is 5.75 Å². The van der Waals surface area contributed by atoms with Crippen LogP contribution in [0.15, 0.2) is 47.3 Å². The van der Waals surface area contributed by atoms with E-state index in [-0.39, 0.29) is 11.6 Å². The van der Waals surface area contributed by atoms with Crippen molar-refractivity contribution < 1.29 is 4.74 Å². The molecule has 0 amide bonds. The molecule has 1 N–H and O–H groups in total. The van der Waals surface area contributed by atoms with Gasteiger partial charge >= 0.3 is 0 Å². The summed E-state index contributed by atoms with van der Waals surface area (Å²) in [5.74, 6) is 1.71. The van der Waals surface area contributed by atoms with Crippen LogP contribution in [0.2, 0.25) is 0 Å². The van der Waals surface area contributed by atoms with E-state index in [0.717, 1.165) is 52.9 Å². The fourth-order valence-corrected chi connectivity index (χ4v) is 5.71. The fraction of sp³-hybridized carbons (Fsp3) is 0.467. The average molecular weight is 515 g/mol. The van der Waals surface area contributed by atoms with Gasteiger partial charge in [0.1, 0.15) is 5.75 Å². The van der Waals surface area contributed by atoms with Crippen LogP contribution < -0.4 is 10.3 Å². The predicted octanol–water partition coefficient (Wildman–Crippen LogP) is 5.80. The van der Waals surface area contributed by atoms with E-state index in [9.17, 15) is 4.79 Å². The molecule has 2 heterocycles. The SMILES string of the molecule is CC[C@H](c1nnnn1C1CCCCC1)N(Cc1ccc(OC)cc1)Cc1cc2cc(C)c(C)cc2[nH]c1=O. The number of pyridine rings is 1. The summed E-state index contributed by atoms with van der Waals surface area (Å²) in [6.07, 6.45) is 6.74. The highest BCUT2D eigenvalue weighted by Gasteiger charge is 2.29. The average Bonchev–Trinajstić information content (AvgIpc) is 3.41. The molecule has 2 aromatic carbocycles. The standard InChI is InChI=1S/C30H38N6O2/c1-5-28(29-32-33-34-36(29)25-9-7-6-8-10-25)35(18-22-11-13-26(38-4)14-12-22)19-24-17-23-15-20(2)21(3)16-27(23)31-30(24)37/h11-17,25,28H,5-10,18-19H2,1-4H3,(H,31,37)/t28-/m1/s1. The first kappa shape index (κ1) is 26.1. The van der Waals surface area contributed by atoms with Gasteiger partial charge in [-0.3, -0.25) is 9.69 Å². The summed E-state index contributed by atoms with van der Waals surface area (Å²) >= 11 is 0. The van der Waals surface area contributed by atoms with Gasteiger partial charge in [-0.2, -0.15) is 0 Å². The molecule has 1 saturated carbocycles. The zero-order valence-electron chi connectivity index (χ0n) is 22.9. The zero-order valence-corrected chi connectivity index (χ0v) is 22.9. The summed E-state index contributed by atoms with van der Waals surface area (Å²) in [6, 6.07) is 14.7. The van der Waals surface area contributed by atoms with Crippen LogP contribution in [-0.4, -0.2) is 37.2 Å². The number of rotatable bonds is 9. The summed E-state index contributed by atoms with van der Waals surface area (Å²) in [5, 5.41) is 14.2. The predicted molar refractivity (Wildman–Crippen MR) is 149 cm³/mol. The fourth-order valence-electron chi connectivity index (χ4n) is 5.71. The topological polar surface area (TPSA) is 88.9 Å². The van der Waals surface area contributed by atoms with Gasteiger partial charge < -0.3 is 9.72 Å². The van der Waals surface area contributed by atoms with E-state index < -0.39 is 0 Å². The summed E-state index contributed by atoms with van der Waals surface area (Å²) < 4.78 is 7.43. The number of hydrogen-bond acceptors (Lipinski definition) is 6. The van der Waals surface area contributed by atoms with Gasteiger partial charge in [0.15, 0.2) is 5.82 Å². The zero-order chi connectivity index (χ0) is 26.6. The maximum absolute atomic E-state index is 13.3. The number of aromatic amines is 1. The molecule has 5 rings (SSSR count). The number of hydrogen-bond donors (Lipinski definition) is 1. The molecule has 38 heavy (non-hydrogen) atoms. The Morgan fingerprint density at radius 2 is 1.79 bits per heavy atom. The highest BCUT2D eigenvalue weighted by molar-refractivity contribution is 5.80. The number of nitrogens with one attached hydrogen (secondary N) is 1. The lowest BCUT2D eigenvalue weighted by molar-refractivity contribution is 0.155. The molecule has 1 aliphatic carbocycles. The number of H-pyrrole nitrogens is 1. The van der Waals surface area contributed by atoms with Crippen LogP contribution in [-0.2, 0) is 13.1 Å². The third-order valence-corrected chi connectivity index (χ3v) is 8.02. The van der Waals surface area contributed by atoms with Crippen molar-refractivity contribution in [1.82, 2.24) is 30.1 Å². The Bertz CT molecular complexity index is 1440. The minimum Gasteiger partial charge on any atom is -0.497 e. The van der Waals surface area contributed by atoms with Crippen molar-refractivity contribution in [2.24, 2.45) is 0 Å². The lowest BCUT2D eigenvalue weighted by Gasteiger charge is -2.32. The van der Waals surface area contributed by atoms with E-state index in [2.05, 4.69) is 75.1 Å². The first-order valence-corrected chi connectivity index (χ1v) is 13.7. The molecule has 8 heteroatoms. The molecule has 0 spiro atoms. The van der Waals surface area contributed by atoms with Gasteiger partial charge in [0.2, 0.25) is 0 Å². The second-order valence-corrected chi connectivity index (χ2v) is 10.6. The molecule has 0 bridgehead atoms. The largest absolute Gasteiger partial charge is 0.497 e. The molecule has 1 atom stereocenters. The van der Waals surface area contributed by atoms with Gasteiger partial charge in [-0.15, -0.1) is 5.10 Å². The lowest BCUT2D eigenvalue weighted by Crippen LogP contribution is -2.33. The van der Waals surface area contributed by atoms with Gasteiger partial charge in [-0.05, 0) is 95.9 Å². The van der Waals surface area contributed by atoms with E-state index in [0.29, 0.717) is 19.1 Å². The Balaban J connectivity index is 1.53. The second kappa shape index (κ2) is 11.5. The molecule has 1 aliphatic rings. The quantitative estimate of drug-likeness (QED) is 0.304. The Hall–Kier alpha value is -3.52. The van der Waals surface area contributed by atoms with Crippen molar-refractivity contribution in [2.75, 3.05) is 7.11 Å². The normalized spacial score (nSPS) is 15.3. The molecule has 200 valence electrons. The minimum absolute atomic E-state index is 0.0381. The first-order chi connectivity index (χ1) is 18.5. The van der Waals surface area contributed by atoms with E-state index >= 15 is 0 Å². The minimum atomic E-state index is -0.0535. The summed E-state index contributed by atoms with van der Waals surface area (Å²) in [5.41, 5.74) is 5.08. The van der Waals surface area contributed by atoms with Crippen LogP contribution in [0.3, 0.4) is 0 Å². The number of aryl methyl sites for hydroxylation is 2. The van der Waals surface area contributed by atoms with Crippen LogP contribution in [0.25, 0.3) is 10.9 Å². The Labute approximate surface area is 224 Å². The molecule has 2 aromatic heterocycles. The third-order valence-electron chi connectivity index (χ3n) is 8.02. The Morgan fingerprint density at radius 1 is 1.05 bits per heavy atom. The maximum Gasteiger partial charge on any atom is 0.252 e. The van der Waals surface area contributed by atoms with Crippen molar-refractivity contribution in [3.05, 3.63) is 80.9 Å². The molecule has 0 saturated heterocycles. The van der Waals surface area contributed by atoms with Gasteiger partial charge in [0, 0.05) is 24.2 Å². The molecular weight excluding hydrogens is 476 g/mol. The highest BCUT2D eigenvalue weighted by Crippen LogP contribution is 2.33. The highest BCUT2D eigenvalue weighted by atomic mass is 16.5. The molecule has 4 aromatic rings. The smallest absolute Gasteiger partial charge is 0.252 e. The number of benzene rings is 2. The van der Waals surface area contributed by atoms with Crippen LogP contribution in [0.4, 0.5) is 0 Å². The maximum atomic E-state index is 13.3. The molecule has 8 nitrogen and oxygen atoms in total.